The molecule has 0 fully saturated rings. The van der Waals surface area contributed by atoms with Gasteiger partial charge in [-0.1, -0.05) is 25.4 Å². The minimum absolute atomic E-state index is 0.482. The zero-order valence-corrected chi connectivity index (χ0v) is 7.52. The van der Waals surface area contributed by atoms with Crippen molar-refractivity contribution in [3.8, 4) is 0 Å². The molecule has 0 bridgehead atoms. The van der Waals surface area contributed by atoms with Crippen molar-refractivity contribution in [3.05, 3.63) is 28.8 Å². The first kappa shape index (κ1) is 8.41. The summed E-state index contributed by atoms with van der Waals surface area (Å²) >= 11 is 5.81. The van der Waals surface area contributed by atoms with E-state index in [2.05, 4.69) is 13.8 Å². The van der Waals surface area contributed by atoms with Gasteiger partial charge in [-0.25, -0.2) is 0 Å². The number of nitrogen functional groups attached to an aromatic ring is 1. The van der Waals surface area contributed by atoms with Crippen LogP contribution in [0.2, 0.25) is 5.02 Å². The second kappa shape index (κ2) is 3.14. The van der Waals surface area contributed by atoms with E-state index in [0.29, 0.717) is 10.9 Å². The number of rotatable bonds is 1. The lowest BCUT2D eigenvalue weighted by atomic mass is 10.0. The SMILES string of the molecule is CC(C)c1cc(N)cc(Cl)c1. The molecule has 0 saturated carbocycles. The van der Waals surface area contributed by atoms with E-state index < -0.39 is 0 Å². The summed E-state index contributed by atoms with van der Waals surface area (Å²) in [6.07, 6.45) is 0. The van der Waals surface area contributed by atoms with Crippen LogP contribution in [0.1, 0.15) is 25.3 Å². The maximum atomic E-state index is 5.81. The van der Waals surface area contributed by atoms with Crippen LogP contribution in [-0.4, -0.2) is 0 Å². The fraction of sp³-hybridized carbons (Fsp3) is 0.333. The van der Waals surface area contributed by atoms with Crippen LogP contribution in [0.3, 0.4) is 0 Å². The summed E-state index contributed by atoms with van der Waals surface area (Å²) in [5.41, 5.74) is 7.54. The van der Waals surface area contributed by atoms with Gasteiger partial charge in [0, 0.05) is 10.7 Å². The van der Waals surface area contributed by atoms with Crippen molar-refractivity contribution in [3.63, 3.8) is 0 Å². The van der Waals surface area contributed by atoms with Crippen LogP contribution in [0.25, 0.3) is 0 Å². The third-order valence-corrected chi connectivity index (χ3v) is 1.83. The molecule has 11 heavy (non-hydrogen) atoms. The quantitative estimate of drug-likeness (QED) is 0.643. The van der Waals surface area contributed by atoms with Crippen LogP contribution in [0, 0.1) is 0 Å². The fourth-order valence-electron chi connectivity index (χ4n) is 0.969. The highest BCUT2D eigenvalue weighted by Crippen LogP contribution is 2.22. The molecular weight excluding hydrogens is 158 g/mol. The predicted octanol–water partition coefficient (Wildman–Crippen LogP) is 3.05. The topological polar surface area (TPSA) is 26.0 Å². The number of halogens is 1. The largest absolute Gasteiger partial charge is 0.399 e. The fourth-order valence-corrected chi connectivity index (χ4v) is 1.22. The van der Waals surface area contributed by atoms with Crippen LogP contribution in [0.4, 0.5) is 5.69 Å². The Morgan fingerprint density at radius 3 is 2.36 bits per heavy atom. The Hall–Kier alpha value is -0.690. The van der Waals surface area contributed by atoms with Crippen molar-refractivity contribution in [2.24, 2.45) is 0 Å². The monoisotopic (exact) mass is 169 g/mol. The summed E-state index contributed by atoms with van der Waals surface area (Å²) in [6, 6.07) is 5.66. The number of nitrogens with two attached hydrogens (primary N) is 1. The first-order chi connectivity index (χ1) is 5.09. The summed E-state index contributed by atoms with van der Waals surface area (Å²) in [4.78, 5) is 0. The minimum Gasteiger partial charge on any atom is -0.399 e. The molecule has 0 saturated heterocycles. The van der Waals surface area contributed by atoms with Crippen LogP contribution in [0.15, 0.2) is 18.2 Å². The smallest absolute Gasteiger partial charge is 0.0429 e. The van der Waals surface area contributed by atoms with Gasteiger partial charge < -0.3 is 5.73 Å². The molecule has 0 radical (unpaired) electrons. The van der Waals surface area contributed by atoms with E-state index in [0.717, 1.165) is 5.69 Å². The summed E-state index contributed by atoms with van der Waals surface area (Å²) in [6.45, 7) is 4.23. The molecule has 0 spiro atoms. The number of benzene rings is 1. The van der Waals surface area contributed by atoms with Crippen LogP contribution in [-0.2, 0) is 0 Å². The van der Waals surface area contributed by atoms with E-state index in [9.17, 15) is 0 Å². The molecule has 1 nitrogen and oxygen atoms in total. The Morgan fingerprint density at radius 2 is 1.91 bits per heavy atom. The van der Waals surface area contributed by atoms with Crippen LogP contribution >= 0.6 is 11.6 Å². The molecule has 1 aromatic carbocycles. The molecular formula is C9H12ClN. The Balaban J connectivity index is 3.08. The zero-order chi connectivity index (χ0) is 8.43. The Morgan fingerprint density at radius 1 is 1.27 bits per heavy atom. The van der Waals surface area contributed by atoms with Crippen LogP contribution in [0.5, 0.6) is 0 Å². The number of hydrogen-bond donors (Lipinski definition) is 1. The lowest BCUT2D eigenvalue weighted by molar-refractivity contribution is 0.867. The average molecular weight is 170 g/mol. The second-order valence-electron chi connectivity index (χ2n) is 2.97. The van der Waals surface area contributed by atoms with Gasteiger partial charge in [-0.05, 0) is 29.7 Å². The van der Waals surface area contributed by atoms with Gasteiger partial charge in [0.25, 0.3) is 0 Å². The van der Waals surface area contributed by atoms with Crippen molar-refractivity contribution < 1.29 is 0 Å². The van der Waals surface area contributed by atoms with E-state index in [4.69, 9.17) is 17.3 Å². The molecule has 0 aromatic heterocycles. The molecule has 60 valence electrons. The number of anilines is 1. The average Bonchev–Trinajstić information content (AvgIpc) is 1.85. The molecule has 1 aromatic rings. The molecule has 0 atom stereocenters. The molecule has 0 aliphatic rings. The Bertz CT molecular complexity index is 235. The maximum Gasteiger partial charge on any atom is 0.0429 e. The summed E-state index contributed by atoms with van der Waals surface area (Å²) < 4.78 is 0. The second-order valence-corrected chi connectivity index (χ2v) is 3.41. The lowest BCUT2D eigenvalue weighted by Gasteiger charge is -2.06. The van der Waals surface area contributed by atoms with Gasteiger partial charge in [0.1, 0.15) is 0 Å². The van der Waals surface area contributed by atoms with Crippen molar-refractivity contribution in [2.75, 3.05) is 5.73 Å². The van der Waals surface area contributed by atoms with Gasteiger partial charge in [-0.3, -0.25) is 0 Å². The highest BCUT2D eigenvalue weighted by molar-refractivity contribution is 6.30. The van der Waals surface area contributed by atoms with Gasteiger partial charge >= 0.3 is 0 Å². The molecule has 2 N–H and O–H groups in total. The zero-order valence-electron chi connectivity index (χ0n) is 6.76. The lowest BCUT2D eigenvalue weighted by Crippen LogP contribution is -1.91. The van der Waals surface area contributed by atoms with Crippen molar-refractivity contribution >= 4 is 17.3 Å². The molecule has 0 unspecified atom stereocenters. The van der Waals surface area contributed by atoms with Crippen molar-refractivity contribution in [2.45, 2.75) is 19.8 Å². The van der Waals surface area contributed by atoms with Gasteiger partial charge in [-0.15, -0.1) is 0 Å². The molecule has 0 aliphatic carbocycles. The third-order valence-electron chi connectivity index (χ3n) is 1.61. The third kappa shape index (κ3) is 2.12. The van der Waals surface area contributed by atoms with E-state index in [1.807, 2.05) is 12.1 Å². The molecule has 2 heteroatoms. The maximum absolute atomic E-state index is 5.81. The van der Waals surface area contributed by atoms with Gasteiger partial charge in [0.15, 0.2) is 0 Å². The normalized spacial score (nSPS) is 10.5. The molecule has 1 rings (SSSR count). The Kier molecular flexibility index (Phi) is 2.40. The Labute approximate surface area is 72.2 Å². The first-order valence-corrected chi connectivity index (χ1v) is 4.03. The van der Waals surface area contributed by atoms with Crippen molar-refractivity contribution in [1.29, 1.82) is 0 Å². The van der Waals surface area contributed by atoms with E-state index >= 15 is 0 Å². The molecule has 0 aliphatic heterocycles. The standard InChI is InChI=1S/C9H12ClN/c1-6(2)7-3-8(10)5-9(11)4-7/h3-6H,11H2,1-2H3. The predicted molar refractivity (Wildman–Crippen MR) is 50.0 cm³/mol. The highest BCUT2D eigenvalue weighted by atomic mass is 35.5. The first-order valence-electron chi connectivity index (χ1n) is 3.65. The molecule has 0 amide bonds. The number of hydrogen-bond acceptors (Lipinski definition) is 1. The van der Waals surface area contributed by atoms with Gasteiger partial charge in [0.05, 0.1) is 0 Å². The van der Waals surface area contributed by atoms with E-state index in [-0.39, 0.29) is 0 Å². The van der Waals surface area contributed by atoms with Gasteiger partial charge in [-0.2, -0.15) is 0 Å². The van der Waals surface area contributed by atoms with Crippen LogP contribution < -0.4 is 5.73 Å². The summed E-state index contributed by atoms with van der Waals surface area (Å²) in [5.74, 6) is 0.482. The highest BCUT2D eigenvalue weighted by Gasteiger charge is 2.00. The van der Waals surface area contributed by atoms with E-state index in [1.165, 1.54) is 5.56 Å². The molecule has 0 heterocycles. The minimum atomic E-state index is 0.482. The summed E-state index contributed by atoms with van der Waals surface area (Å²) in [7, 11) is 0. The van der Waals surface area contributed by atoms with Crippen molar-refractivity contribution in [1.82, 2.24) is 0 Å². The van der Waals surface area contributed by atoms with E-state index in [1.54, 1.807) is 6.07 Å². The van der Waals surface area contributed by atoms with Gasteiger partial charge in [0.2, 0.25) is 0 Å². The summed E-state index contributed by atoms with van der Waals surface area (Å²) in [5, 5.41) is 0.716.